The molecular formula is C13H13N5. The summed E-state index contributed by atoms with van der Waals surface area (Å²) in [5.74, 6) is 0.860. The number of pyridine rings is 1. The lowest BCUT2D eigenvalue weighted by atomic mass is 10.3. The topological polar surface area (TPSA) is 55.1 Å². The van der Waals surface area contributed by atoms with Crippen LogP contribution in [0.3, 0.4) is 0 Å². The molecule has 0 saturated carbocycles. The molecule has 3 rings (SSSR count). The van der Waals surface area contributed by atoms with Crippen molar-refractivity contribution < 1.29 is 0 Å². The maximum Gasteiger partial charge on any atom is 0.157 e. The number of anilines is 1. The van der Waals surface area contributed by atoms with Gasteiger partial charge in [-0.25, -0.2) is 9.50 Å². The Labute approximate surface area is 105 Å². The van der Waals surface area contributed by atoms with Crippen LogP contribution in [0, 0.1) is 0 Å². The van der Waals surface area contributed by atoms with E-state index in [1.807, 2.05) is 42.7 Å². The summed E-state index contributed by atoms with van der Waals surface area (Å²) in [4.78, 5) is 8.71. The standard InChI is InChI=1S/C13H13N5/c1-2-7-14-11(3-1)4-8-15-12-6-10-18-13(17-12)5-9-16-18/h1-3,5-7,9-10H,4,8H2,(H,15,17). The highest BCUT2D eigenvalue weighted by atomic mass is 15.2. The van der Waals surface area contributed by atoms with Gasteiger partial charge in [-0.1, -0.05) is 6.07 Å². The van der Waals surface area contributed by atoms with Gasteiger partial charge in [0.1, 0.15) is 5.82 Å². The smallest absolute Gasteiger partial charge is 0.157 e. The van der Waals surface area contributed by atoms with E-state index in [-0.39, 0.29) is 0 Å². The van der Waals surface area contributed by atoms with Gasteiger partial charge in [-0.3, -0.25) is 4.98 Å². The normalized spacial score (nSPS) is 10.7. The first-order valence-corrected chi connectivity index (χ1v) is 5.86. The van der Waals surface area contributed by atoms with Crippen LogP contribution in [-0.4, -0.2) is 26.1 Å². The van der Waals surface area contributed by atoms with Gasteiger partial charge in [-0.15, -0.1) is 0 Å². The summed E-state index contributed by atoms with van der Waals surface area (Å²) < 4.78 is 1.74. The Morgan fingerprint density at radius 3 is 3.00 bits per heavy atom. The Balaban J connectivity index is 1.62. The quantitative estimate of drug-likeness (QED) is 0.754. The molecule has 0 atom stereocenters. The number of fused-ring (bicyclic) bond motifs is 1. The molecule has 0 radical (unpaired) electrons. The minimum Gasteiger partial charge on any atom is -0.370 e. The molecule has 0 saturated heterocycles. The number of rotatable bonds is 4. The highest BCUT2D eigenvalue weighted by molar-refractivity contribution is 5.45. The van der Waals surface area contributed by atoms with E-state index in [1.165, 1.54) is 0 Å². The molecule has 0 aliphatic carbocycles. The minimum atomic E-state index is 0.814. The molecule has 0 aliphatic rings. The SMILES string of the molecule is c1ccc(CCNc2ccn3nccc3n2)nc1. The highest BCUT2D eigenvalue weighted by Gasteiger charge is 1.98. The van der Waals surface area contributed by atoms with Crippen molar-refractivity contribution in [1.29, 1.82) is 0 Å². The second kappa shape index (κ2) is 4.83. The molecule has 5 nitrogen and oxygen atoms in total. The van der Waals surface area contributed by atoms with E-state index in [1.54, 1.807) is 10.7 Å². The second-order valence-electron chi connectivity index (χ2n) is 3.94. The Bertz CT molecular complexity index is 632. The van der Waals surface area contributed by atoms with Crippen LogP contribution < -0.4 is 5.32 Å². The van der Waals surface area contributed by atoms with Crippen molar-refractivity contribution in [3.63, 3.8) is 0 Å². The maximum atomic E-state index is 4.44. The minimum absolute atomic E-state index is 0.814. The third-order valence-electron chi connectivity index (χ3n) is 2.67. The lowest BCUT2D eigenvalue weighted by Crippen LogP contribution is -2.07. The Morgan fingerprint density at radius 2 is 2.11 bits per heavy atom. The van der Waals surface area contributed by atoms with E-state index in [0.717, 1.165) is 30.1 Å². The van der Waals surface area contributed by atoms with Crippen molar-refractivity contribution in [2.75, 3.05) is 11.9 Å². The molecule has 90 valence electrons. The molecule has 0 unspecified atom stereocenters. The zero-order chi connectivity index (χ0) is 12.2. The summed E-state index contributed by atoms with van der Waals surface area (Å²) in [6.45, 7) is 0.814. The average Bonchev–Trinajstić information content (AvgIpc) is 2.87. The average molecular weight is 239 g/mol. The van der Waals surface area contributed by atoms with Crippen molar-refractivity contribution >= 4 is 11.5 Å². The van der Waals surface area contributed by atoms with Crippen LogP contribution in [0.2, 0.25) is 0 Å². The van der Waals surface area contributed by atoms with Gasteiger partial charge in [0.2, 0.25) is 0 Å². The van der Waals surface area contributed by atoms with Gasteiger partial charge in [0.05, 0.1) is 6.20 Å². The maximum absolute atomic E-state index is 4.44. The number of hydrogen-bond donors (Lipinski definition) is 1. The largest absolute Gasteiger partial charge is 0.370 e. The Kier molecular flexibility index (Phi) is 2.87. The van der Waals surface area contributed by atoms with Crippen LogP contribution in [0.5, 0.6) is 0 Å². The van der Waals surface area contributed by atoms with Crippen LogP contribution in [0.1, 0.15) is 5.69 Å². The van der Waals surface area contributed by atoms with Crippen LogP contribution in [-0.2, 0) is 6.42 Å². The van der Waals surface area contributed by atoms with Crippen molar-refractivity contribution in [2.45, 2.75) is 6.42 Å². The van der Waals surface area contributed by atoms with E-state index >= 15 is 0 Å². The first-order chi connectivity index (χ1) is 8.92. The molecule has 5 heteroatoms. The second-order valence-corrected chi connectivity index (χ2v) is 3.94. The molecule has 3 aromatic heterocycles. The predicted molar refractivity (Wildman–Crippen MR) is 69.4 cm³/mol. The van der Waals surface area contributed by atoms with E-state index < -0.39 is 0 Å². The molecule has 0 bridgehead atoms. The summed E-state index contributed by atoms with van der Waals surface area (Å²) >= 11 is 0. The summed E-state index contributed by atoms with van der Waals surface area (Å²) in [5, 5.41) is 7.39. The fourth-order valence-electron chi connectivity index (χ4n) is 1.78. The molecule has 0 spiro atoms. The third kappa shape index (κ3) is 2.29. The molecule has 3 heterocycles. The van der Waals surface area contributed by atoms with Gasteiger partial charge in [0, 0.05) is 37.1 Å². The molecule has 3 aromatic rings. The van der Waals surface area contributed by atoms with Crippen molar-refractivity contribution in [3.8, 4) is 0 Å². The van der Waals surface area contributed by atoms with Gasteiger partial charge in [0.15, 0.2) is 5.65 Å². The zero-order valence-corrected chi connectivity index (χ0v) is 9.82. The lowest BCUT2D eigenvalue weighted by Gasteiger charge is -2.05. The van der Waals surface area contributed by atoms with Crippen LogP contribution in [0.4, 0.5) is 5.82 Å². The number of hydrogen-bond acceptors (Lipinski definition) is 4. The first kappa shape index (κ1) is 10.7. The summed E-state index contributed by atoms with van der Waals surface area (Å²) in [6.07, 6.45) is 6.32. The van der Waals surface area contributed by atoms with E-state index in [0.29, 0.717) is 0 Å². The monoisotopic (exact) mass is 239 g/mol. The number of aromatic nitrogens is 4. The van der Waals surface area contributed by atoms with Crippen LogP contribution in [0.25, 0.3) is 5.65 Å². The van der Waals surface area contributed by atoms with Crippen molar-refractivity contribution in [1.82, 2.24) is 19.6 Å². The van der Waals surface area contributed by atoms with E-state index in [2.05, 4.69) is 20.4 Å². The van der Waals surface area contributed by atoms with Crippen molar-refractivity contribution in [2.24, 2.45) is 0 Å². The summed E-state index contributed by atoms with van der Waals surface area (Å²) in [7, 11) is 0. The molecule has 0 aliphatic heterocycles. The van der Waals surface area contributed by atoms with Crippen LogP contribution in [0.15, 0.2) is 48.9 Å². The van der Waals surface area contributed by atoms with Gasteiger partial charge in [0.25, 0.3) is 0 Å². The summed E-state index contributed by atoms with van der Waals surface area (Å²) in [5.41, 5.74) is 1.92. The Morgan fingerprint density at radius 1 is 1.11 bits per heavy atom. The summed E-state index contributed by atoms with van der Waals surface area (Å²) in [6, 6.07) is 9.74. The molecule has 0 aromatic carbocycles. The molecule has 1 N–H and O–H groups in total. The number of nitrogens with zero attached hydrogens (tertiary/aromatic N) is 4. The third-order valence-corrected chi connectivity index (χ3v) is 2.67. The van der Waals surface area contributed by atoms with E-state index in [4.69, 9.17) is 0 Å². The molecule has 18 heavy (non-hydrogen) atoms. The van der Waals surface area contributed by atoms with Crippen molar-refractivity contribution in [3.05, 3.63) is 54.6 Å². The van der Waals surface area contributed by atoms with Gasteiger partial charge >= 0.3 is 0 Å². The van der Waals surface area contributed by atoms with Gasteiger partial charge < -0.3 is 5.32 Å². The molecular weight excluding hydrogens is 226 g/mol. The van der Waals surface area contributed by atoms with Crippen LogP contribution >= 0.6 is 0 Å². The molecule has 0 fully saturated rings. The zero-order valence-electron chi connectivity index (χ0n) is 9.82. The lowest BCUT2D eigenvalue weighted by molar-refractivity contribution is 0.924. The highest BCUT2D eigenvalue weighted by Crippen LogP contribution is 2.05. The van der Waals surface area contributed by atoms with Gasteiger partial charge in [-0.05, 0) is 18.2 Å². The molecule has 0 amide bonds. The van der Waals surface area contributed by atoms with E-state index in [9.17, 15) is 0 Å². The number of nitrogens with one attached hydrogen (secondary N) is 1. The first-order valence-electron chi connectivity index (χ1n) is 5.86. The van der Waals surface area contributed by atoms with Gasteiger partial charge in [-0.2, -0.15) is 5.10 Å². The predicted octanol–water partition coefficient (Wildman–Crippen LogP) is 1.78. The fraction of sp³-hybridized carbons (Fsp3) is 0.154. The Hall–Kier alpha value is -2.43. The fourth-order valence-corrected chi connectivity index (χ4v) is 1.78.